The molecule has 7 nitrogen and oxygen atoms in total. The lowest BCUT2D eigenvalue weighted by atomic mass is 10.0. The van der Waals surface area contributed by atoms with E-state index in [2.05, 4.69) is 15.3 Å². The van der Waals surface area contributed by atoms with Gasteiger partial charge in [-0.15, -0.1) is 0 Å². The minimum Gasteiger partial charge on any atom is -0.290 e. The average Bonchev–Trinajstić information content (AvgIpc) is 2.73. The lowest BCUT2D eigenvalue weighted by molar-refractivity contribution is -0.384. The molecular formula is C20H12F6N4O3. The predicted octanol–water partition coefficient (Wildman–Crippen LogP) is 5.65. The Morgan fingerprint density at radius 1 is 0.970 bits per heavy atom. The number of rotatable bonds is 4. The van der Waals surface area contributed by atoms with Crippen molar-refractivity contribution in [2.75, 3.05) is 5.32 Å². The number of aromatic nitrogens is 2. The monoisotopic (exact) mass is 470 g/mol. The molecule has 0 spiro atoms. The largest absolute Gasteiger partial charge is 0.416 e. The zero-order chi connectivity index (χ0) is 24.6. The highest BCUT2D eigenvalue weighted by Crippen LogP contribution is 2.36. The first kappa shape index (κ1) is 23.6. The fraction of sp³-hybridized carbons (Fsp3) is 0.150. The number of alkyl halides is 6. The van der Waals surface area contributed by atoms with Crippen LogP contribution in [-0.2, 0) is 12.4 Å². The van der Waals surface area contributed by atoms with E-state index < -0.39 is 39.9 Å². The summed E-state index contributed by atoms with van der Waals surface area (Å²) >= 11 is 0. The Morgan fingerprint density at radius 3 is 2.00 bits per heavy atom. The van der Waals surface area contributed by atoms with Gasteiger partial charge in [-0.3, -0.25) is 20.2 Å². The highest BCUT2D eigenvalue weighted by Gasteiger charge is 2.37. The van der Waals surface area contributed by atoms with Crippen LogP contribution in [0.25, 0.3) is 11.3 Å². The Bertz CT molecular complexity index is 1190. The molecule has 0 saturated carbocycles. The summed E-state index contributed by atoms with van der Waals surface area (Å²) in [5.41, 5.74) is -3.19. The number of non-ortho nitro benzene ring substituents is 1. The molecule has 0 unspecified atom stereocenters. The highest BCUT2D eigenvalue weighted by molar-refractivity contribution is 6.03. The van der Waals surface area contributed by atoms with Crippen molar-refractivity contribution in [2.24, 2.45) is 0 Å². The van der Waals surface area contributed by atoms with Crippen molar-refractivity contribution >= 4 is 17.5 Å². The van der Waals surface area contributed by atoms with Crippen LogP contribution in [0.2, 0.25) is 0 Å². The molecule has 172 valence electrons. The van der Waals surface area contributed by atoms with Crippen molar-refractivity contribution in [3.8, 4) is 11.3 Å². The first-order valence-corrected chi connectivity index (χ1v) is 8.95. The number of carbonyl (C=O) groups excluding carboxylic acids is 1. The number of halogens is 6. The van der Waals surface area contributed by atoms with E-state index >= 15 is 0 Å². The van der Waals surface area contributed by atoms with Gasteiger partial charge in [-0.2, -0.15) is 26.3 Å². The number of hydrogen-bond acceptors (Lipinski definition) is 5. The van der Waals surface area contributed by atoms with E-state index in [-0.39, 0.29) is 35.5 Å². The van der Waals surface area contributed by atoms with Gasteiger partial charge in [0.1, 0.15) is 0 Å². The molecule has 3 aromatic rings. The van der Waals surface area contributed by atoms with Gasteiger partial charge in [0.05, 0.1) is 21.7 Å². The van der Waals surface area contributed by atoms with Crippen molar-refractivity contribution < 1.29 is 36.1 Å². The van der Waals surface area contributed by atoms with Crippen molar-refractivity contribution in [1.29, 1.82) is 0 Å². The third-order valence-corrected chi connectivity index (χ3v) is 4.40. The van der Waals surface area contributed by atoms with Crippen LogP contribution in [0.15, 0.2) is 48.7 Å². The SMILES string of the molecule is Cc1cnc(NC(=O)c2cc(C(F)(F)F)cc(C(F)(F)F)c2)nc1-c1ccc([N+](=O)[O-])cc1. The Labute approximate surface area is 181 Å². The maximum absolute atomic E-state index is 13.0. The normalized spacial score (nSPS) is 11.8. The van der Waals surface area contributed by atoms with Gasteiger partial charge in [0, 0.05) is 29.5 Å². The van der Waals surface area contributed by atoms with Crippen LogP contribution in [0.4, 0.5) is 38.0 Å². The van der Waals surface area contributed by atoms with Crippen LogP contribution in [0, 0.1) is 17.0 Å². The van der Waals surface area contributed by atoms with Crippen molar-refractivity contribution in [3.05, 3.63) is 81.0 Å². The summed E-state index contributed by atoms with van der Waals surface area (Å²) in [6, 6.07) is 5.70. The molecule has 0 radical (unpaired) electrons. The zero-order valence-corrected chi connectivity index (χ0v) is 16.5. The summed E-state index contributed by atoms with van der Waals surface area (Å²) in [6.07, 6.45) is -8.95. The predicted molar refractivity (Wildman–Crippen MR) is 103 cm³/mol. The van der Waals surface area contributed by atoms with Gasteiger partial charge in [-0.05, 0) is 42.8 Å². The molecule has 1 N–H and O–H groups in total. The van der Waals surface area contributed by atoms with Crippen molar-refractivity contribution in [1.82, 2.24) is 9.97 Å². The average molecular weight is 470 g/mol. The molecular weight excluding hydrogens is 458 g/mol. The van der Waals surface area contributed by atoms with E-state index in [9.17, 15) is 41.3 Å². The summed E-state index contributed by atoms with van der Waals surface area (Å²) in [5, 5.41) is 12.9. The van der Waals surface area contributed by atoms with Crippen LogP contribution in [0.5, 0.6) is 0 Å². The van der Waals surface area contributed by atoms with Gasteiger partial charge in [0.15, 0.2) is 0 Å². The number of carbonyl (C=O) groups is 1. The van der Waals surface area contributed by atoms with Gasteiger partial charge in [0.2, 0.25) is 5.95 Å². The lowest BCUT2D eigenvalue weighted by Gasteiger charge is -2.14. The van der Waals surface area contributed by atoms with Crippen molar-refractivity contribution in [2.45, 2.75) is 19.3 Å². The third-order valence-electron chi connectivity index (χ3n) is 4.40. The molecule has 3 rings (SSSR count). The molecule has 1 amide bonds. The molecule has 0 aliphatic carbocycles. The molecule has 0 atom stereocenters. The van der Waals surface area contributed by atoms with Gasteiger partial charge < -0.3 is 0 Å². The van der Waals surface area contributed by atoms with Crippen LogP contribution in [-0.4, -0.2) is 20.8 Å². The Kier molecular flexibility index (Phi) is 6.07. The number of amides is 1. The third kappa shape index (κ3) is 5.42. The first-order chi connectivity index (χ1) is 15.3. The smallest absolute Gasteiger partial charge is 0.290 e. The fourth-order valence-electron chi connectivity index (χ4n) is 2.80. The van der Waals surface area contributed by atoms with Crippen LogP contribution in [0.1, 0.15) is 27.0 Å². The number of nitrogens with one attached hydrogen (secondary N) is 1. The van der Waals surface area contributed by atoms with Gasteiger partial charge in [0.25, 0.3) is 11.6 Å². The summed E-state index contributed by atoms with van der Waals surface area (Å²) in [4.78, 5) is 30.5. The van der Waals surface area contributed by atoms with Gasteiger partial charge in [-0.1, -0.05) is 0 Å². The number of nitro benzene ring substituents is 1. The minimum absolute atomic E-state index is 0.0914. The Morgan fingerprint density at radius 2 is 1.52 bits per heavy atom. The Hall–Kier alpha value is -4.03. The molecule has 0 fully saturated rings. The number of anilines is 1. The first-order valence-electron chi connectivity index (χ1n) is 8.95. The maximum atomic E-state index is 13.0. The summed E-state index contributed by atoms with van der Waals surface area (Å²) in [6.45, 7) is 1.60. The topological polar surface area (TPSA) is 98.0 Å². The summed E-state index contributed by atoms with van der Waals surface area (Å²) in [5.74, 6) is -1.67. The number of hydrogen-bond donors (Lipinski definition) is 1. The molecule has 1 heterocycles. The quantitative estimate of drug-likeness (QED) is 0.302. The maximum Gasteiger partial charge on any atom is 0.416 e. The second-order valence-corrected chi connectivity index (χ2v) is 6.78. The number of nitrogens with zero attached hydrogens (tertiary/aromatic N) is 3. The number of benzene rings is 2. The van der Waals surface area contributed by atoms with E-state index in [0.29, 0.717) is 11.1 Å². The van der Waals surface area contributed by atoms with Gasteiger partial charge >= 0.3 is 12.4 Å². The van der Waals surface area contributed by atoms with E-state index in [1.807, 2.05) is 0 Å². The van der Waals surface area contributed by atoms with E-state index in [1.54, 1.807) is 6.92 Å². The molecule has 1 aromatic heterocycles. The Balaban J connectivity index is 1.95. The fourth-order valence-corrected chi connectivity index (χ4v) is 2.80. The van der Waals surface area contributed by atoms with Crippen LogP contribution >= 0.6 is 0 Å². The highest BCUT2D eigenvalue weighted by atomic mass is 19.4. The van der Waals surface area contributed by atoms with Crippen LogP contribution < -0.4 is 5.32 Å². The second-order valence-electron chi connectivity index (χ2n) is 6.78. The van der Waals surface area contributed by atoms with Gasteiger partial charge in [-0.25, -0.2) is 9.97 Å². The standard InChI is InChI=1S/C20H12F6N4O3/c1-10-9-27-18(28-16(10)11-2-4-15(5-3-11)30(32)33)29-17(31)12-6-13(19(21,22)23)8-14(7-12)20(24,25)26/h2-9H,1H3,(H,27,28,29,31). The molecule has 0 saturated heterocycles. The lowest BCUT2D eigenvalue weighted by Crippen LogP contribution is -2.18. The van der Waals surface area contributed by atoms with E-state index in [1.165, 1.54) is 30.5 Å². The number of nitro groups is 1. The van der Waals surface area contributed by atoms with Crippen LogP contribution in [0.3, 0.4) is 0 Å². The minimum atomic E-state index is -5.11. The number of aryl methyl sites for hydroxylation is 1. The summed E-state index contributed by atoms with van der Waals surface area (Å²) < 4.78 is 78.1. The van der Waals surface area contributed by atoms with E-state index in [4.69, 9.17) is 0 Å². The summed E-state index contributed by atoms with van der Waals surface area (Å²) in [7, 11) is 0. The molecule has 0 bridgehead atoms. The zero-order valence-electron chi connectivity index (χ0n) is 16.5. The second kappa shape index (κ2) is 8.48. The molecule has 0 aliphatic heterocycles. The molecule has 33 heavy (non-hydrogen) atoms. The van der Waals surface area contributed by atoms with Crippen molar-refractivity contribution in [3.63, 3.8) is 0 Å². The molecule has 13 heteroatoms. The van der Waals surface area contributed by atoms with E-state index in [0.717, 1.165) is 0 Å². The molecule has 0 aliphatic rings. The molecule has 2 aromatic carbocycles.